The molecule has 1 aromatic rings. The van der Waals surface area contributed by atoms with E-state index in [0.717, 1.165) is 17.0 Å². The number of anilines is 1. The van der Waals surface area contributed by atoms with Crippen LogP contribution in [0.5, 0.6) is 5.75 Å². The molecule has 0 heterocycles. The predicted molar refractivity (Wildman–Crippen MR) is 69.6 cm³/mol. The van der Waals surface area contributed by atoms with Gasteiger partial charge in [-0.2, -0.15) is 0 Å². The molecule has 2 amide bonds. The Labute approximate surface area is 102 Å². The molecule has 0 unspecified atom stereocenters. The minimum Gasteiger partial charge on any atom is -0.494 e. The highest BCUT2D eigenvalue weighted by Crippen LogP contribution is 2.21. The Kier molecular flexibility index (Phi) is 4.82. The molecule has 0 aliphatic rings. The van der Waals surface area contributed by atoms with E-state index in [9.17, 15) is 4.79 Å². The van der Waals surface area contributed by atoms with Gasteiger partial charge in [0.15, 0.2) is 0 Å². The van der Waals surface area contributed by atoms with Gasteiger partial charge in [-0.3, -0.25) is 0 Å². The normalized spacial score (nSPS) is 10.2. The van der Waals surface area contributed by atoms with Crippen molar-refractivity contribution < 1.29 is 9.53 Å². The molecular formula is C13H20N2O2. The lowest BCUT2D eigenvalue weighted by atomic mass is 10.2. The van der Waals surface area contributed by atoms with Gasteiger partial charge in [0.2, 0.25) is 0 Å². The molecule has 0 atom stereocenters. The number of carbonyl (C=O) groups excluding carboxylic acids is 1. The van der Waals surface area contributed by atoms with Gasteiger partial charge in [0.25, 0.3) is 0 Å². The Balaban J connectivity index is 2.69. The molecule has 0 saturated heterocycles. The molecule has 4 heteroatoms. The van der Waals surface area contributed by atoms with Crippen molar-refractivity contribution in [2.24, 2.45) is 0 Å². The highest BCUT2D eigenvalue weighted by Gasteiger charge is 2.06. The Morgan fingerprint density at radius 1 is 1.41 bits per heavy atom. The highest BCUT2D eigenvalue weighted by molar-refractivity contribution is 5.90. The van der Waals surface area contributed by atoms with E-state index >= 15 is 0 Å². The lowest BCUT2D eigenvalue weighted by molar-refractivity contribution is 0.250. The molecule has 1 rings (SSSR count). The van der Waals surface area contributed by atoms with Gasteiger partial charge in [-0.15, -0.1) is 0 Å². The summed E-state index contributed by atoms with van der Waals surface area (Å²) in [4.78, 5) is 11.5. The number of hydrogen-bond donors (Lipinski definition) is 2. The van der Waals surface area contributed by atoms with E-state index in [1.54, 1.807) is 0 Å². The maximum atomic E-state index is 11.5. The van der Waals surface area contributed by atoms with Crippen LogP contribution in [0.3, 0.4) is 0 Å². The molecule has 17 heavy (non-hydrogen) atoms. The van der Waals surface area contributed by atoms with Gasteiger partial charge in [0.1, 0.15) is 5.75 Å². The molecule has 2 N–H and O–H groups in total. The van der Waals surface area contributed by atoms with E-state index in [4.69, 9.17) is 4.74 Å². The Morgan fingerprint density at radius 2 is 2.12 bits per heavy atom. The standard InChI is InChI=1S/C13H20N2O2/c1-5-17-11-6-7-12(10(4)8-11)15-13(16)14-9(2)3/h6-9H,5H2,1-4H3,(H2,14,15,16). The van der Waals surface area contributed by atoms with Gasteiger partial charge in [0.05, 0.1) is 6.61 Å². The summed E-state index contributed by atoms with van der Waals surface area (Å²) < 4.78 is 5.38. The second-order valence-electron chi connectivity index (χ2n) is 4.16. The average Bonchev–Trinajstić information content (AvgIpc) is 2.21. The van der Waals surface area contributed by atoms with Crippen molar-refractivity contribution in [3.05, 3.63) is 23.8 Å². The van der Waals surface area contributed by atoms with E-state index in [-0.39, 0.29) is 12.1 Å². The van der Waals surface area contributed by atoms with Crippen LogP contribution in [0, 0.1) is 6.92 Å². The molecule has 0 radical (unpaired) electrons. The fourth-order valence-electron chi connectivity index (χ4n) is 1.45. The summed E-state index contributed by atoms with van der Waals surface area (Å²) in [5.41, 5.74) is 1.78. The van der Waals surface area contributed by atoms with Crippen LogP contribution in [0.15, 0.2) is 18.2 Å². The summed E-state index contributed by atoms with van der Waals surface area (Å²) >= 11 is 0. The highest BCUT2D eigenvalue weighted by atomic mass is 16.5. The summed E-state index contributed by atoms with van der Waals surface area (Å²) in [5.74, 6) is 0.819. The number of urea groups is 1. The molecule has 0 spiro atoms. The Hall–Kier alpha value is -1.71. The summed E-state index contributed by atoms with van der Waals surface area (Å²) in [6.07, 6.45) is 0. The minimum absolute atomic E-state index is 0.123. The van der Waals surface area contributed by atoms with E-state index in [2.05, 4.69) is 10.6 Å². The van der Waals surface area contributed by atoms with Crippen LogP contribution in [-0.2, 0) is 0 Å². The monoisotopic (exact) mass is 236 g/mol. The number of amides is 2. The predicted octanol–water partition coefficient (Wildman–Crippen LogP) is 2.92. The smallest absolute Gasteiger partial charge is 0.319 e. The quantitative estimate of drug-likeness (QED) is 0.844. The van der Waals surface area contributed by atoms with Crippen LogP contribution in [0.25, 0.3) is 0 Å². The van der Waals surface area contributed by atoms with Gasteiger partial charge in [-0.1, -0.05) is 0 Å². The van der Waals surface area contributed by atoms with Crippen LogP contribution in [0.2, 0.25) is 0 Å². The van der Waals surface area contributed by atoms with Crippen molar-refractivity contribution in [1.82, 2.24) is 5.32 Å². The van der Waals surface area contributed by atoms with Crippen LogP contribution < -0.4 is 15.4 Å². The summed E-state index contributed by atoms with van der Waals surface area (Å²) in [7, 11) is 0. The number of benzene rings is 1. The third kappa shape index (κ3) is 4.34. The zero-order valence-corrected chi connectivity index (χ0v) is 10.8. The van der Waals surface area contributed by atoms with Crippen LogP contribution >= 0.6 is 0 Å². The zero-order valence-electron chi connectivity index (χ0n) is 10.8. The first-order chi connectivity index (χ1) is 8.02. The van der Waals surface area contributed by atoms with Crippen molar-refractivity contribution in [3.8, 4) is 5.75 Å². The number of ether oxygens (including phenoxy) is 1. The molecule has 0 saturated carbocycles. The fraction of sp³-hybridized carbons (Fsp3) is 0.462. The first-order valence-electron chi connectivity index (χ1n) is 5.84. The molecule has 94 valence electrons. The number of carbonyl (C=O) groups is 1. The van der Waals surface area contributed by atoms with Crippen molar-refractivity contribution >= 4 is 11.7 Å². The van der Waals surface area contributed by atoms with Crippen molar-refractivity contribution in [2.75, 3.05) is 11.9 Å². The molecule has 0 fully saturated rings. The largest absolute Gasteiger partial charge is 0.494 e. The van der Waals surface area contributed by atoms with Crippen molar-refractivity contribution in [2.45, 2.75) is 33.7 Å². The van der Waals surface area contributed by atoms with Gasteiger partial charge in [-0.05, 0) is 51.5 Å². The molecule has 0 bridgehead atoms. The zero-order chi connectivity index (χ0) is 12.8. The van der Waals surface area contributed by atoms with E-state index in [1.165, 1.54) is 0 Å². The third-order valence-corrected chi connectivity index (χ3v) is 2.18. The number of aryl methyl sites for hydroxylation is 1. The topological polar surface area (TPSA) is 50.4 Å². The maximum absolute atomic E-state index is 11.5. The van der Waals surface area contributed by atoms with Crippen molar-refractivity contribution in [1.29, 1.82) is 0 Å². The number of nitrogens with one attached hydrogen (secondary N) is 2. The van der Waals surface area contributed by atoms with E-state index in [1.807, 2.05) is 45.9 Å². The van der Waals surface area contributed by atoms with E-state index < -0.39 is 0 Å². The van der Waals surface area contributed by atoms with Crippen LogP contribution in [-0.4, -0.2) is 18.7 Å². The Morgan fingerprint density at radius 3 is 2.65 bits per heavy atom. The first kappa shape index (κ1) is 13.4. The van der Waals surface area contributed by atoms with Gasteiger partial charge >= 0.3 is 6.03 Å². The molecule has 0 aromatic heterocycles. The lowest BCUT2D eigenvalue weighted by Crippen LogP contribution is -2.34. The molecule has 1 aromatic carbocycles. The molecular weight excluding hydrogens is 216 g/mol. The van der Waals surface area contributed by atoms with Crippen LogP contribution in [0.4, 0.5) is 10.5 Å². The SMILES string of the molecule is CCOc1ccc(NC(=O)NC(C)C)c(C)c1. The summed E-state index contributed by atoms with van der Waals surface area (Å²) in [5, 5.41) is 5.58. The van der Waals surface area contributed by atoms with Gasteiger partial charge in [-0.25, -0.2) is 4.79 Å². The minimum atomic E-state index is -0.188. The third-order valence-electron chi connectivity index (χ3n) is 2.18. The molecule has 0 aliphatic carbocycles. The maximum Gasteiger partial charge on any atom is 0.319 e. The average molecular weight is 236 g/mol. The lowest BCUT2D eigenvalue weighted by Gasteiger charge is -2.13. The Bertz CT molecular complexity index is 389. The van der Waals surface area contributed by atoms with Crippen LogP contribution in [0.1, 0.15) is 26.3 Å². The second kappa shape index (κ2) is 6.13. The van der Waals surface area contributed by atoms with Gasteiger partial charge in [0, 0.05) is 11.7 Å². The first-order valence-corrected chi connectivity index (χ1v) is 5.84. The van der Waals surface area contributed by atoms with Crippen molar-refractivity contribution in [3.63, 3.8) is 0 Å². The molecule has 4 nitrogen and oxygen atoms in total. The summed E-state index contributed by atoms with van der Waals surface area (Å²) in [6.45, 7) is 8.36. The summed E-state index contributed by atoms with van der Waals surface area (Å²) in [6, 6.07) is 5.54. The number of hydrogen-bond acceptors (Lipinski definition) is 2. The fourth-order valence-corrected chi connectivity index (χ4v) is 1.45. The molecule has 0 aliphatic heterocycles. The van der Waals surface area contributed by atoms with Gasteiger partial charge < -0.3 is 15.4 Å². The number of rotatable bonds is 4. The second-order valence-corrected chi connectivity index (χ2v) is 4.16. The van der Waals surface area contributed by atoms with E-state index in [0.29, 0.717) is 6.61 Å².